The van der Waals surface area contributed by atoms with E-state index in [2.05, 4.69) is 27.7 Å². The van der Waals surface area contributed by atoms with Crippen LogP contribution in [0, 0.1) is 0 Å². The predicted octanol–water partition coefficient (Wildman–Crippen LogP) is 6.17. The highest BCUT2D eigenvalue weighted by Crippen LogP contribution is 2.56. The Hall–Kier alpha value is 0.150. The molecule has 0 bridgehead atoms. The van der Waals surface area contributed by atoms with E-state index in [1.165, 1.54) is 0 Å². The van der Waals surface area contributed by atoms with E-state index in [1.54, 1.807) is 0 Å². The van der Waals surface area contributed by atoms with Crippen molar-refractivity contribution in [1.29, 1.82) is 0 Å². The van der Waals surface area contributed by atoms with Crippen LogP contribution < -0.4 is 0 Å². The topological polar surface area (TPSA) is 35.5 Å². The third-order valence-corrected chi connectivity index (χ3v) is 5.99. The average molecular weight is 306 g/mol. The van der Waals surface area contributed by atoms with E-state index in [0.717, 1.165) is 57.8 Å². The molecule has 1 atom stereocenters. The molecule has 0 aliphatic heterocycles. The van der Waals surface area contributed by atoms with Crippen LogP contribution in [0.3, 0.4) is 0 Å². The maximum absolute atomic E-state index is 13.1. The number of hydrogen-bond acceptors (Lipinski definition) is 3. The summed E-state index contributed by atoms with van der Waals surface area (Å²) in [5.41, 5.74) is 0.0844. The Morgan fingerprint density at radius 3 is 1.65 bits per heavy atom. The van der Waals surface area contributed by atoms with Gasteiger partial charge in [0.25, 0.3) is 0 Å². The molecule has 0 heterocycles. The summed E-state index contributed by atoms with van der Waals surface area (Å²) in [7, 11) is -2.94. The van der Waals surface area contributed by atoms with Gasteiger partial charge in [-0.15, -0.1) is 0 Å². The van der Waals surface area contributed by atoms with Gasteiger partial charge in [-0.05, 0) is 25.7 Å². The second kappa shape index (κ2) is 12.9. The molecule has 0 spiro atoms. The maximum Gasteiger partial charge on any atom is 0.333 e. The van der Waals surface area contributed by atoms with E-state index >= 15 is 0 Å². The normalized spacial score (nSPS) is 13.6. The van der Waals surface area contributed by atoms with Gasteiger partial charge in [0.05, 0.1) is 18.9 Å². The summed E-state index contributed by atoms with van der Waals surface area (Å²) < 4.78 is 24.6. The van der Waals surface area contributed by atoms with Crippen LogP contribution in [0.15, 0.2) is 0 Å². The summed E-state index contributed by atoms with van der Waals surface area (Å²) in [5, 5.41) is 0. The molecule has 0 fully saturated rings. The van der Waals surface area contributed by atoms with Gasteiger partial charge in [-0.25, -0.2) is 0 Å². The van der Waals surface area contributed by atoms with E-state index < -0.39 is 7.60 Å². The molecule has 0 N–H and O–H groups in total. The molecule has 0 saturated carbocycles. The molecule has 122 valence electrons. The van der Waals surface area contributed by atoms with Crippen molar-refractivity contribution in [2.45, 2.75) is 91.1 Å². The van der Waals surface area contributed by atoms with Crippen molar-refractivity contribution in [3.8, 4) is 0 Å². The van der Waals surface area contributed by atoms with Gasteiger partial charge >= 0.3 is 7.60 Å². The summed E-state index contributed by atoms with van der Waals surface area (Å²) in [5.74, 6) is 0. The second-order valence-corrected chi connectivity index (χ2v) is 7.82. The monoisotopic (exact) mass is 306 g/mol. The molecule has 0 radical (unpaired) electrons. The van der Waals surface area contributed by atoms with E-state index in [9.17, 15) is 4.57 Å². The molecule has 1 unspecified atom stereocenters. The van der Waals surface area contributed by atoms with Gasteiger partial charge < -0.3 is 9.05 Å². The predicted molar refractivity (Wildman–Crippen MR) is 87.5 cm³/mol. The lowest BCUT2D eigenvalue weighted by molar-refractivity contribution is 0.189. The molecule has 0 amide bonds. The van der Waals surface area contributed by atoms with Gasteiger partial charge in [-0.1, -0.05) is 59.8 Å². The minimum Gasteiger partial charge on any atom is -0.308 e. The molecule has 0 aliphatic carbocycles. The Balaban J connectivity index is 4.66. The highest BCUT2D eigenvalue weighted by Gasteiger charge is 2.34. The van der Waals surface area contributed by atoms with Crippen molar-refractivity contribution in [3.63, 3.8) is 0 Å². The van der Waals surface area contributed by atoms with Gasteiger partial charge in [-0.3, -0.25) is 4.57 Å². The number of rotatable bonds is 14. The van der Waals surface area contributed by atoms with Crippen LogP contribution in [0.25, 0.3) is 0 Å². The molecule has 0 aromatic rings. The zero-order chi connectivity index (χ0) is 15.3. The molecule has 3 nitrogen and oxygen atoms in total. The lowest BCUT2D eigenvalue weighted by atomic mass is 10.1. The fraction of sp³-hybridized carbons (Fsp3) is 1.00. The van der Waals surface area contributed by atoms with Crippen molar-refractivity contribution >= 4 is 7.60 Å². The summed E-state index contributed by atoms with van der Waals surface area (Å²) >= 11 is 0. The number of unbranched alkanes of at least 4 members (excludes halogenated alkanes) is 3. The lowest BCUT2D eigenvalue weighted by Crippen LogP contribution is -2.14. The van der Waals surface area contributed by atoms with E-state index in [1.807, 2.05) is 0 Å². The quantitative estimate of drug-likeness (QED) is 0.284. The van der Waals surface area contributed by atoms with Crippen molar-refractivity contribution in [2.24, 2.45) is 0 Å². The van der Waals surface area contributed by atoms with Crippen LogP contribution in [-0.2, 0) is 13.6 Å². The summed E-state index contributed by atoms with van der Waals surface area (Å²) in [6, 6.07) is 0. The molecule has 0 aliphatic rings. The third kappa shape index (κ3) is 8.44. The summed E-state index contributed by atoms with van der Waals surface area (Å²) in [6.45, 7) is 9.67. The smallest absolute Gasteiger partial charge is 0.308 e. The minimum absolute atomic E-state index is 0.0844. The molecule has 20 heavy (non-hydrogen) atoms. The van der Waals surface area contributed by atoms with Crippen LogP contribution in [0.5, 0.6) is 0 Å². The van der Waals surface area contributed by atoms with Crippen LogP contribution in [0.2, 0.25) is 0 Å². The molecule has 0 saturated heterocycles. The highest BCUT2D eigenvalue weighted by atomic mass is 31.2. The maximum atomic E-state index is 13.1. The Kier molecular flexibility index (Phi) is 13.0. The molecule has 0 aromatic heterocycles. The summed E-state index contributed by atoms with van der Waals surface area (Å²) in [4.78, 5) is 0. The van der Waals surface area contributed by atoms with Crippen molar-refractivity contribution in [2.75, 3.05) is 13.2 Å². The van der Waals surface area contributed by atoms with Crippen LogP contribution in [-0.4, -0.2) is 18.9 Å². The Morgan fingerprint density at radius 2 is 1.25 bits per heavy atom. The first-order valence-electron chi connectivity index (χ1n) is 8.53. The van der Waals surface area contributed by atoms with Gasteiger partial charge in [0.1, 0.15) is 0 Å². The first-order valence-corrected chi connectivity index (χ1v) is 10.1. The van der Waals surface area contributed by atoms with E-state index in [0.29, 0.717) is 13.2 Å². The van der Waals surface area contributed by atoms with Crippen molar-refractivity contribution in [1.82, 2.24) is 0 Å². The minimum atomic E-state index is -2.94. The standard InChI is InChI=1S/C16H35O3P/c1-5-9-13-16(12-8-4)20(17,18-14-10-6-2)19-15-11-7-3/h16H,5-15H2,1-4H3. The Labute approximate surface area is 126 Å². The zero-order valence-corrected chi connectivity index (χ0v) is 14.9. The molecule has 0 rings (SSSR count). The first kappa shape index (κ1) is 20.1. The SMILES string of the molecule is CCCCOP(=O)(OCCCC)C(CCC)CCCC. The third-order valence-electron chi connectivity index (χ3n) is 3.50. The second-order valence-electron chi connectivity index (χ2n) is 5.50. The Bertz CT molecular complexity index is 242. The molecule has 4 heteroatoms. The first-order chi connectivity index (χ1) is 9.64. The van der Waals surface area contributed by atoms with Crippen molar-refractivity contribution in [3.05, 3.63) is 0 Å². The van der Waals surface area contributed by atoms with Gasteiger partial charge in [0, 0.05) is 0 Å². The molecule has 0 aromatic carbocycles. The van der Waals surface area contributed by atoms with Crippen LogP contribution in [0.4, 0.5) is 0 Å². The average Bonchev–Trinajstić information content (AvgIpc) is 2.44. The molecular formula is C16H35O3P. The zero-order valence-electron chi connectivity index (χ0n) is 14.0. The van der Waals surface area contributed by atoms with Gasteiger partial charge in [0.2, 0.25) is 0 Å². The van der Waals surface area contributed by atoms with Gasteiger partial charge in [0.15, 0.2) is 0 Å². The largest absolute Gasteiger partial charge is 0.333 e. The van der Waals surface area contributed by atoms with Crippen LogP contribution >= 0.6 is 7.60 Å². The van der Waals surface area contributed by atoms with E-state index in [-0.39, 0.29) is 5.66 Å². The number of hydrogen-bond donors (Lipinski definition) is 0. The van der Waals surface area contributed by atoms with Gasteiger partial charge in [-0.2, -0.15) is 0 Å². The fourth-order valence-electron chi connectivity index (χ4n) is 2.15. The molecular weight excluding hydrogens is 271 g/mol. The Morgan fingerprint density at radius 1 is 0.750 bits per heavy atom. The highest BCUT2D eigenvalue weighted by molar-refractivity contribution is 7.54. The lowest BCUT2D eigenvalue weighted by Gasteiger charge is -2.27. The fourth-order valence-corrected chi connectivity index (χ4v) is 4.49. The van der Waals surface area contributed by atoms with Crippen molar-refractivity contribution < 1.29 is 13.6 Å². The van der Waals surface area contributed by atoms with Crippen LogP contribution in [0.1, 0.15) is 85.5 Å². The summed E-state index contributed by atoms with van der Waals surface area (Å²) in [6.07, 6.45) is 9.18. The van der Waals surface area contributed by atoms with E-state index in [4.69, 9.17) is 9.05 Å².